The van der Waals surface area contributed by atoms with E-state index in [9.17, 15) is 18.7 Å². The van der Waals surface area contributed by atoms with Gasteiger partial charge in [-0.2, -0.15) is 0 Å². The van der Waals surface area contributed by atoms with Crippen molar-refractivity contribution in [3.05, 3.63) is 0 Å². The zero-order valence-corrected chi connectivity index (χ0v) is 4.23. The molecule has 0 unspecified atom stereocenters. The molecule has 4 heteroatoms. The molecular weight excluding hydrogens is 118 g/mol. The van der Waals surface area contributed by atoms with Gasteiger partial charge in [0.1, 0.15) is 5.92 Å². The molecule has 8 heavy (non-hydrogen) atoms. The van der Waals surface area contributed by atoms with Crippen molar-refractivity contribution in [2.24, 2.45) is 5.92 Å². The van der Waals surface area contributed by atoms with Gasteiger partial charge in [0.2, 0.25) is 0 Å². The molecule has 1 radical (unpaired) electrons. The number of carbonyl (C=O) groups excluding carboxylic acids is 1. The summed E-state index contributed by atoms with van der Waals surface area (Å²) in [6.45, 7) is 0.903. The third kappa shape index (κ3) is 1.86. The maximum absolute atomic E-state index is 11.3. The second kappa shape index (κ2) is 2.59. The van der Waals surface area contributed by atoms with Crippen molar-refractivity contribution in [3.8, 4) is 0 Å². The van der Waals surface area contributed by atoms with Crippen molar-refractivity contribution >= 4 is 5.97 Å². The van der Waals surface area contributed by atoms with E-state index in [1.807, 2.05) is 0 Å². The third-order valence-corrected chi connectivity index (χ3v) is 0.750. The van der Waals surface area contributed by atoms with Gasteiger partial charge in [-0.3, -0.25) is 0 Å². The second-order valence-corrected chi connectivity index (χ2v) is 1.44. The van der Waals surface area contributed by atoms with Crippen LogP contribution in [0.4, 0.5) is 8.78 Å². The summed E-state index contributed by atoms with van der Waals surface area (Å²) < 4.78 is 22.5. The Balaban J connectivity index is 3.64. The van der Waals surface area contributed by atoms with Gasteiger partial charge in [0.25, 0.3) is 6.43 Å². The number of alkyl halides is 2. The van der Waals surface area contributed by atoms with Gasteiger partial charge in [-0.1, -0.05) is 0 Å². The van der Waals surface area contributed by atoms with Crippen LogP contribution in [-0.2, 0) is 9.90 Å². The van der Waals surface area contributed by atoms with Gasteiger partial charge >= 0.3 is 5.97 Å². The van der Waals surface area contributed by atoms with Crippen LogP contribution in [0.2, 0.25) is 0 Å². The van der Waals surface area contributed by atoms with E-state index in [0.717, 1.165) is 6.92 Å². The monoisotopic (exact) mass is 123 g/mol. The first-order valence-corrected chi connectivity index (χ1v) is 2.04. The fourth-order valence-corrected chi connectivity index (χ4v) is 0.103. The van der Waals surface area contributed by atoms with Crippen molar-refractivity contribution in [3.63, 3.8) is 0 Å². The lowest BCUT2D eigenvalue weighted by molar-refractivity contribution is -0.152. The predicted octanol–water partition coefficient (Wildman–Crippen LogP) is 0.845. The highest BCUT2D eigenvalue weighted by Gasteiger charge is 2.23. The topological polar surface area (TPSA) is 37.0 Å². The van der Waals surface area contributed by atoms with Crippen LogP contribution in [0.15, 0.2) is 0 Å². The van der Waals surface area contributed by atoms with E-state index in [0.29, 0.717) is 0 Å². The molecule has 0 aliphatic carbocycles. The molecule has 0 aromatic carbocycles. The van der Waals surface area contributed by atoms with E-state index < -0.39 is 18.3 Å². The molecule has 47 valence electrons. The van der Waals surface area contributed by atoms with Crippen molar-refractivity contribution in [2.75, 3.05) is 0 Å². The predicted molar refractivity (Wildman–Crippen MR) is 20.9 cm³/mol. The van der Waals surface area contributed by atoms with Crippen LogP contribution in [0.1, 0.15) is 6.92 Å². The molecule has 0 saturated carbocycles. The zero-order chi connectivity index (χ0) is 6.73. The average molecular weight is 123 g/mol. The Morgan fingerprint density at radius 1 is 1.50 bits per heavy atom. The lowest BCUT2D eigenvalue weighted by Crippen LogP contribution is -2.16. The summed E-state index contributed by atoms with van der Waals surface area (Å²) in [5.74, 6) is -3.37. The van der Waals surface area contributed by atoms with Crippen LogP contribution in [0.5, 0.6) is 0 Å². The summed E-state index contributed by atoms with van der Waals surface area (Å²) in [4.78, 5) is 9.55. The Hall–Kier alpha value is -0.670. The number of rotatable bonds is 2. The Kier molecular flexibility index (Phi) is 2.37. The lowest BCUT2D eigenvalue weighted by atomic mass is 10.2. The van der Waals surface area contributed by atoms with Crippen LogP contribution in [0.25, 0.3) is 0 Å². The maximum atomic E-state index is 11.3. The van der Waals surface area contributed by atoms with E-state index >= 15 is 0 Å². The molecule has 0 aliphatic heterocycles. The number of halogens is 2. The van der Waals surface area contributed by atoms with Crippen molar-refractivity contribution in [2.45, 2.75) is 13.3 Å². The largest absolute Gasteiger partial charge is 0.364 e. The van der Waals surface area contributed by atoms with Crippen molar-refractivity contribution < 1.29 is 18.7 Å². The van der Waals surface area contributed by atoms with Gasteiger partial charge in [-0.05, 0) is 6.92 Å². The summed E-state index contributed by atoms with van der Waals surface area (Å²) in [6, 6.07) is 0. The molecular formula is C4H5F2O2. The number of hydrogen-bond acceptors (Lipinski definition) is 1. The first-order chi connectivity index (χ1) is 3.55. The van der Waals surface area contributed by atoms with E-state index in [4.69, 9.17) is 0 Å². The van der Waals surface area contributed by atoms with Gasteiger partial charge < -0.3 is 0 Å². The standard InChI is InChI=1S/C4H5F2O2/c1-2(3(5)6)4(7)8/h2-3H,1H3/t2-/m0/s1. The summed E-state index contributed by atoms with van der Waals surface area (Å²) in [5.41, 5.74) is 0. The van der Waals surface area contributed by atoms with E-state index in [2.05, 4.69) is 0 Å². The van der Waals surface area contributed by atoms with Gasteiger partial charge in [0.05, 0.1) is 0 Å². The van der Waals surface area contributed by atoms with Crippen molar-refractivity contribution in [1.29, 1.82) is 0 Å². The smallest absolute Gasteiger partial charge is 0.247 e. The molecule has 0 fully saturated rings. The molecule has 0 bridgehead atoms. The van der Waals surface area contributed by atoms with Gasteiger partial charge in [-0.15, -0.1) is 0 Å². The first-order valence-electron chi connectivity index (χ1n) is 2.04. The van der Waals surface area contributed by atoms with E-state index in [1.165, 1.54) is 0 Å². The third-order valence-electron chi connectivity index (χ3n) is 0.750. The van der Waals surface area contributed by atoms with Crippen molar-refractivity contribution in [1.82, 2.24) is 0 Å². The highest BCUT2D eigenvalue weighted by molar-refractivity contribution is 5.69. The van der Waals surface area contributed by atoms with Crippen LogP contribution >= 0.6 is 0 Å². The molecule has 0 spiro atoms. The van der Waals surface area contributed by atoms with Gasteiger partial charge in [0, 0.05) is 0 Å². The molecule has 2 nitrogen and oxygen atoms in total. The molecule has 0 N–H and O–H groups in total. The quantitative estimate of drug-likeness (QED) is 0.536. The molecule has 0 saturated heterocycles. The summed E-state index contributed by atoms with van der Waals surface area (Å²) in [5, 5.41) is 9.55. The Labute approximate surface area is 45.1 Å². The van der Waals surface area contributed by atoms with Crippen LogP contribution in [0.3, 0.4) is 0 Å². The Morgan fingerprint density at radius 2 is 1.88 bits per heavy atom. The zero-order valence-electron chi connectivity index (χ0n) is 4.23. The minimum absolute atomic E-state index is 0.903. The second-order valence-electron chi connectivity index (χ2n) is 1.44. The fraction of sp³-hybridized carbons (Fsp3) is 0.750. The van der Waals surface area contributed by atoms with Crippen LogP contribution in [0, 0.1) is 5.92 Å². The normalized spacial score (nSPS) is 14.0. The minimum atomic E-state index is -2.82. The van der Waals surface area contributed by atoms with E-state index in [1.54, 1.807) is 0 Å². The van der Waals surface area contributed by atoms with E-state index in [-0.39, 0.29) is 0 Å². The molecule has 0 amide bonds. The number of hydrogen-bond donors (Lipinski definition) is 0. The molecule has 0 aromatic heterocycles. The summed E-state index contributed by atoms with van der Waals surface area (Å²) in [6.07, 6.45) is -2.82. The molecule has 0 rings (SSSR count). The Morgan fingerprint density at radius 3 is 1.88 bits per heavy atom. The first kappa shape index (κ1) is 7.33. The average Bonchev–Trinajstić information content (AvgIpc) is 1.64. The molecule has 0 aliphatic rings. The lowest BCUT2D eigenvalue weighted by Gasteiger charge is -1.98. The number of carbonyl (C=O) groups is 1. The van der Waals surface area contributed by atoms with Crippen LogP contribution in [-0.4, -0.2) is 12.4 Å². The molecule has 0 heterocycles. The minimum Gasteiger partial charge on any atom is -0.247 e. The summed E-state index contributed by atoms with van der Waals surface area (Å²) in [7, 11) is 0. The summed E-state index contributed by atoms with van der Waals surface area (Å²) >= 11 is 0. The van der Waals surface area contributed by atoms with Crippen LogP contribution < -0.4 is 0 Å². The molecule has 1 atom stereocenters. The fourth-order valence-electron chi connectivity index (χ4n) is 0.103. The van der Waals surface area contributed by atoms with Gasteiger partial charge in [-0.25, -0.2) is 18.7 Å². The highest BCUT2D eigenvalue weighted by Crippen LogP contribution is 2.07. The molecule has 0 aromatic rings. The Bertz CT molecular complexity index is 92.0. The highest BCUT2D eigenvalue weighted by atomic mass is 19.3. The van der Waals surface area contributed by atoms with Gasteiger partial charge in [0.15, 0.2) is 0 Å². The maximum Gasteiger partial charge on any atom is 0.364 e. The SMILES string of the molecule is C[C@H](C([O])=O)C(F)F.